The number of likely N-dealkylation sites (N-methyl/N-ethyl adjacent to an activating group) is 1. The van der Waals surface area contributed by atoms with Crippen LogP contribution in [0.5, 0.6) is 0 Å². The molecule has 1 atom stereocenters. The van der Waals surface area contributed by atoms with Crippen LogP contribution in [0.15, 0.2) is 6.07 Å². The van der Waals surface area contributed by atoms with Gasteiger partial charge in [-0.25, -0.2) is 0 Å². The summed E-state index contributed by atoms with van der Waals surface area (Å²) in [5, 5.41) is 2.59. The van der Waals surface area contributed by atoms with E-state index in [1.54, 1.807) is 7.05 Å². The lowest BCUT2D eigenvalue weighted by molar-refractivity contribution is -0.121. The number of nitrogens with one attached hydrogen (secondary N) is 1. The van der Waals surface area contributed by atoms with Crippen LogP contribution in [0.1, 0.15) is 27.8 Å². The molecule has 3 nitrogen and oxygen atoms in total. The number of rotatable bonds is 3. The largest absolute Gasteiger partial charge is 0.358 e. The van der Waals surface area contributed by atoms with Gasteiger partial charge in [0, 0.05) is 7.05 Å². The van der Waals surface area contributed by atoms with E-state index in [4.69, 9.17) is 5.73 Å². The van der Waals surface area contributed by atoms with E-state index in [-0.39, 0.29) is 5.91 Å². The van der Waals surface area contributed by atoms with Crippen molar-refractivity contribution in [1.29, 1.82) is 0 Å². The molecule has 1 aromatic rings. The molecule has 0 aliphatic rings. The minimum Gasteiger partial charge on any atom is -0.358 e. The van der Waals surface area contributed by atoms with Gasteiger partial charge >= 0.3 is 0 Å². The third kappa shape index (κ3) is 2.86. The van der Waals surface area contributed by atoms with Crippen molar-refractivity contribution in [3.05, 3.63) is 33.9 Å². The molecule has 0 saturated heterocycles. The van der Waals surface area contributed by atoms with Crippen molar-refractivity contribution >= 4 is 5.91 Å². The molecule has 0 radical (unpaired) electrons. The van der Waals surface area contributed by atoms with Gasteiger partial charge in [-0.05, 0) is 61.9 Å². The van der Waals surface area contributed by atoms with E-state index in [9.17, 15) is 4.79 Å². The molecular weight excluding hydrogens is 212 g/mol. The third-order valence-corrected chi connectivity index (χ3v) is 3.53. The smallest absolute Gasteiger partial charge is 0.237 e. The highest BCUT2D eigenvalue weighted by Gasteiger charge is 2.16. The first-order valence-corrected chi connectivity index (χ1v) is 5.92. The molecule has 1 unspecified atom stereocenters. The Balaban J connectivity index is 3.10. The van der Waals surface area contributed by atoms with Crippen molar-refractivity contribution in [2.24, 2.45) is 5.73 Å². The number of nitrogens with two attached hydrogens (primary N) is 1. The first kappa shape index (κ1) is 13.7. The highest BCUT2D eigenvalue weighted by molar-refractivity contribution is 5.81. The van der Waals surface area contributed by atoms with Gasteiger partial charge in [0.15, 0.2) is 0 Å². The third-order valence-electron chi connectivity index (χ3n) is 3.53. The van der Waals surface area contributed by atoms with E-state index in [1.165, 1.54) is 27.8 Å². The lowest BCUT2D eigenvalue weighted by atomic mass is 9.90. The second-order valence-corrected chi connectivity index (χ2v) is 4.66. The van der Waals surface area contributed by atoms with Gasteiger partial charge in [0.1, 0.15) is 0 Å². The molecule has 3 heteroatoms. The second kappa shape index (κ2) is 5.32. The Kier molecular flexibility index (Phi) is 4.29. The van der Waals surface area contributed by atoms with Crippen LogP contribution in [-0.2, 0) is 11.2 Å². The molecule has 0 spiro atoms. The van der Waals surface area contributed by atoms with Gasteiger partial charge in [-0.2, -0.15) is 0 Å². The number of carbonyl (C=O) groups excluding carboxylic acids is 1. The Hall–Kier alpha value is -1.35. The minimum absolute atomic E-state index is 0.108. The zero-order valence-corrected chi connectivity index (χ0v) is 11.3. The van der Waals surface area contributed by atoms with Crippen LogP contribution in [-0.4, -0.2) is 19.0 Å². The molecule has 0 bridgehead atoms. The Bertz CT molecular complexity index is 412. The Labute approximate surface area is 103 Å². The van der Waals surface area contributed by atoms with E-state index < -0.39 is 6.04 Å². The number of hydrogen-bond acceptors (Lipinski definition) is 2. The summed E-state index contributed by atoms with van der Waals surface area (Å²) >= 11 is 0. The summed E-state index contributed by atoms with van der Waals surface area (Å²) in [6.07, 6.45) is 0.597. The first-order chi connectivity index (χ1) is 7.88. The number of benzene rings is 1. The zero-order valence-electron chi connectivity index (χ0n) is 11.3. The molecule has 0 fully saturated rings. The van der Waals surface area contributed by atoms with E-state index in [0.717, 1.165) is 0 Å². The molecule has 1 amide bonds. The van der Waals surface area contributed by atoms with Gasteiger partial charge in [0.2, 0.25) is 5.91 Å². The fourth-order valence-electron chi connectivity index (χ4n) is 2.10. The number of hydrogen-bond donors (Lipinski definition) is 2. The van der Waals surface area contributed by atoms with Crippen molar-refractivity contribution in [3.63, 3.8) is 0 Å². The number of amides is 1. The number of carbonyl (C=O) groups is 1. The highest BCUT2D eigenvalue weighted by Crippen LogP contribution is 2.22. The van der Waals surface area contributed by atoms with Crippen LogP contribution >= 0.6 is 0 Å². The monoisotopic (exact) mass is 234 g/mol. The van der Waals surface area contributed by atoms with E-state index >= 15 is 0 Å². The summed E-state index contributed by atoms with van der Waals surface area (Å²) in [7, 11) is 1.61. The molecule has 0 saturated carbocycles. The summed E-state index contributed by atoms with van der Waals surface area (Å²) in [5.41, 5.74) is 12.1. The molecular formula is C14H22N2O. The van der Waals surface area contributed by atoms with Gasteiger partial charge in [0.25, 0.3) is 0 Å². The van der Waals surface area contributed by atoms with Gasteiger partial charge in [-0.15, -0.1) is 0 Å². The van der Waals surface area contributed by atoms with Gasteiger partial charge in [0.05, 0.1) is 6.04 Å². The molecule has 3 N–H and O–H groups in total. The predicted octanol–water partition coefficient (Wildman–Crippen LogP) is 1.54. The minimum atomic E-state index is -0.474. The highest BCUT2D eigenvalue weighted by atomic mass is 16.2. The van der Waals surface area contributed by atoms with E-state index in [0.29, 0.717) is 6.42 Å². The Morgan fingerprint density at radius 1 is 1.24 bits per heavy atom. The SMILES string of the molecule is CNC(=O)C(N)Cc1c(C)c(C)cc(C)c1C. The average Bonchev–Trinajstić information content (AvgIpc) is 2.30. The fraction of sp³-hybridized carbons (Fsp3) is 0.500. The maximum absolute atomic E-state index is 11.5. The standard InChI is InChI=1S/C14H22N2O/c1-8-6-9(2)11(4)12(10(8)3)7-13(15)14(17)16-5/h6,13H,7,15H2,1-5H3,(H,16,17). The van der Waals surface area contributed by atoms with Crippen LogP contribution < -0.4 is 11.1 Å². The first-order valence-electron chi connectivity index (χ1n) is 5.92. The van der Waals surface area contributed by atoms with Crippen LogP contribution in [0.3, 0.4) is 0 Å². The molecule has 0 aromatic heterocycles. The maximum atomic E-state index is 11.5. The summed E-state index contributed by atoms with van der Waals surface area (Å²) < 4.78 is 0. The van der Waals surface area contributed by atoms with Gasteiger partial charge < -0.3 is 11.1 Å². The normalized spacial score (nSPS) is 12.4. The topological polar surface area (TPSA) is 55.1 Å². The van der Waals surface area contributed by atoms with Gasteiger partial charge in [-0.1, -0.05) is 6.07 Å². The summed E-state index contributed by atoms with van der Waals surface area (Å²) in [5.74, 6) is -0.108. The van der Waals surface area contributed by atoms with Crippen LogP contribution in [0.2, 0.25) is 0 Å². The van der Waals surface area contributed by atoms with E-state index in [1.807, 2.05) is 0 Å². The average molecular weight is 234 g/mol. The molecule has 0 aliphatic carbocycles. The molecule has 0 aliphatic heterocycles. The molecule has 1 aromatic carbocycles. The lowest BCUT2D eigenvalue weighted by Crippen LogP contribution is -2.40. The second-order valence-electron chi connectivity index (χ2n) is 4.66. The fourth-order valence-corrected chi connectivity index (χ4v) is 2.10. The van der Waals surface area contributed by atoms with Crippen molar-refractivity contribution in [2.75, 3.05) is 7.05 Å². The predicted molar refractivity (Wildman–Crippen MR) is 71.1 cm³/mol. The number of aryl methyl sites for hydroxylation is 2. The Morgan fingerprint density at radius 3 is 2.12 bits per heavy atom. The van der Waals surface area contributed by atoms with E-state index in [2.05, 4.69) is 39.1 Å². The lowest BCUT2D eigenvalue weighted by Gasteiger charge is -2.18. The zero-order chi connectivity index (χ0) is 13.2. The molecule has 0 heterocycles. The molecule has 1 rings (SSSR count). The van der Waals surface area contributed by atoms with Crippen molar-refractivity contribution in [3.8, 4) is 0 Å². The van der Waals surface area contributed by atoms with Crippen LogP contribution in [0, 0.1) is 27.7 Å². The molecule has 94 valence electrons. The summed E-state index contributed by atoms with van der Waals surface area (Å²) in [6.45, 7) is 8.37. The van der Waals surface area contributed by atoms with Crippen LogP contribution in [0.4, 0.5) is 0 Å². The van der Waals surface area contributed by atoms with Gasteiger partial charge in [-0.3, -0.25) is 4.79 Å². The molecule has 17 heavy (non-hydrogen) atoms. The Morgan fingerprint density at radius 2 is 1.71 bits per heavy atom. The van der Waals surface area contributed by atoms with Crippen molar-refractivity contribution < 1.29 is 4.79 Å². The quantitative estimate of drug-likeness (QED) is 0.833. The summed E-state index contributed by atoms with van der Waals surface area (Å²) in [6, 6.07) is 1.71. The van der Waals surface area contributed by atoms with Crippen LogP contribution in [0.25, 0.3) is 0 Å². The van der Waals surface area contributed by atoms with Crippen molar-refractivity contribution in [2.45, 2.75) is 40.2 Å². The maximum Gasteiger partial charge on any atom is 0.237 e. The summed E-state index contributed by atoms with van der Waals surface area (Å²) in [4.78, 5) is 11.5. The van der Waals surface area contributed by atoms with Crippen molar-refractivity contribution in [1.82, 2.24) is 5.32 Å².